The van der Waals surface area contributed by atoms with Gasteiger partial charge in [-0.15, -0.1) is 0 Å². The lowest BCUT2D eigenvalue weighted by Gasteiger charge is -2.19. The largest absolute Gasteiger partial charge is 0.333 e. The highest BCUT2D eigenvalue weighted by molar-refractivity contribution is 5.10. The van der Waals surface area contributed by atoms with Gasteiger partial charge in [0.2, 0.25) is 0 Å². The van der Waals surface area contributed by atoms with Gasteiger partial charge in [0.05, 0.1) is 5.69 Å². The van der Waals surface area contributed by atoms with Gasteiger partial charge in [-0.25, -0.2) is 0 Å². The van der Waals surface area contributed by atoms with Crippen LogP contribution in [-0.2, 0) is 0 Å². The highest BCUT2D eigenvalue weighted by atomic mass is 15.2. The minimum atomic E-state index is 0.135. The zero-order valence-corrected chi connectivity index (χ0v) is 9.50. The molecule has 0 radical (unpaired) electrons. The molecule has 0 amide bonds. The maximum Gasteiger partial charge on any atom is 0.126 e. The highest BCUT2D eigenvalue weighted by Gasteiger charge is 2.11. The van der Waals surface area contributed by atoms with E-state index in [9.17, 15) is 0 Å². The number of hydrogen-bond donors (Lipinski definition) is 1. The molecule has 0 aliphatic rings. The number of hydrogen-bond acceptors (Lipinski definition) is 2. The molecule has 0 fully saturated rings. The summed E-state index contributed by atoms with van der Waals surface area (Å²) in [7, 11) is 0. The summed E-state index contributed by atoms with van der Waals surface area (Å²) in [4.78, 5) is 4.40. The molecular formula is C13H17N3. The third kappa shape index (κ3) is 2.49. The molecule has 1 unspecified atom stereocenters. The first-order valence-electron chi connectivity index (χ1n) is 5.68. The van der Waals surface area contributed by atoms with Crippen molar-refractivity contribution in [2.45, 2.75) is 19.5 Å². The topological polar surface area (TPSA) is 29.9 Å². The lowest BCUT2D eigenvalue weighted by molar-refractivity contribution is 0.458. The number of aromatic nitrogens is 2. The van der Waals surface area contributed by atoms with Crippen LogP contribution in [-0.4, -0.2) is 16.1 Å². The molecule has 2 aromatic rings. The summed E-state index contributed by atoms with van der Waals surface area (Å²) >= 11 is 0. The molecule has 1 N–H and O–H groups in total. The zero-order chi connectivity index (χ0) is 11.2. The van der Waals surface area contributed by atoms with Gasteiger partial charge in [0, 0.05) is 18.6 Å². The van der Waals surface area contributed by atoms with Crippen molar-refractivity contribution < 1.29 is 0 Å². The van der Waals surface area contributed by atoms with E-state index >= 15 is 0 Å². The summed E-state index contributed by atoms with van der Waals surface area (Å²) in [5.41, 5.74) is 1.05. The van der Waals surface area contributed by atoms with Crippen LogP contribution >= 0.6 is 0 Å². The van der Waals surface area contributed by atoms with Crippen LogP contribution in [0.5, 0.6) is 0 Å². The molecular weight excluding hydrogens is 198 g/mol. The summed E-state index contributed by atoms with van der Waals surface area (Å²) in [6.45, 7) is 3.15. The standard InChI is InChI=1S/C13H17N3/c1-2-8-15-13(16-10-5-6-11-16)12-7-3-4-9-14-12/h3-7,9-11,13,15H,2,8H2,1H3. The van der Waals surface area contributed by atoms with Crippen LogP contribution in [0.2, 0.25) is 0 Å². The smallest absolute Gasteiger partial charge is 0.126 e. The van der Waals surface area contributed by atoms with Gasteiger partial charge in [-0.3, -0.25) is 10.3 Å². The van der Waals surface area contributed by atoms with E-state index < -0.39 is 0 Å². The molecule has 3 nitrogen and oxygen atoms in total. The lowest BCUT2D eigenvalue weighted by Crippen LogP contribution is -2.28. The molecule has 84 valence electrons. The normalized spacial score (nSPS) is 12.6. The van der Waals surface area contributed by atoms with Gasteiger partial charge < -0.3 is 4.57 Å². The second-order valence-electron chi connectivity index (χ2n) is 3.74. The number of pyridine rings is 1. The van der Waals surface area contributed by atoms with Gasteiger partial charge in [0.15, 0.2) is 0 Å². The van der Waals surface area contributed by atoms with E-state index in [1.807, 2.05) is 36.5 Å². The summed E-state index contributed by atoms with van der Waals surface area (Å²) < 4.78 is 2.14. The molecule has 0 spiro atoms. The van der Waals surface area contributed by atoms with Crippen molar-refractivity contribution in [2.75, 3.05) is 6.54 Å². The van der Waals surface area contributed by atoms with Crippen molar-refractivity contribution in [3.63, 3.8) is 0 Å². The lowest BCUT2D eigenvalue weighted by atomic mass is 10.3. The SMILES string of the molecule is CCCNC(c1ccccn1)n1cccc1. The first kappa shape index (κ1) is 10.9. The van der Waals surface area contributed by atoms with Gasteiger partial charge in [-0.1, -0.05) is 13.0 Å². The van der Waals surface area contributed by atoms with Crippen LogP contribution in [0.3, 0.4) is 0 Å². The molecule has 2 rings (SSSR count). The molecule has 16 heavy (non-hydrogen) atoms. The van der Waals surface area contributed by atoms with Crippen LogP contribution in [0.4, 0.5) is 0 Å². The van der Waals surface area contributed by atoms with E-state index in [0.29, 0.717) is 0 Å². The fraction of sp³-hybridized carbons (Fsp3) is 0.308. The van der Waals surface area contributed by atoms with Crippen molar-refractivity contribution in [3.05, 3.63) is 54.6 Å². The summed E-state index contributed by atoms with van der Waals surface area (Å²) in [5.74, 6) is 0. The quantitative estimate of drug-likeness (QED) is 0.830. The van der Waals surface area contributed by atoms with Gasteiger partial charge in [-0.05, 0) is 37.2 Å². The van der Waals surface area contributed by atoms with Crippen LogP contribution in [0, 0.1) is 0 Å². The monoisotopic (exact) mass is 215 g/mol. The van der Waals surface area contributed by atoms with Crippen molar-refractivity contribution in [2.24, 2.45) is 0 Å². The van der Waals surface area contributed by atoms with Gasteiger partial charge >= 0.3 is 0 Å². The molecule has 0 aromatic carbocycles. The third-order valence-electron chi connectivity index (χ3n) is 2.48. The summed E-state index contributed by atoms with van der Waals surface area (Å²) in [5, 5.41) is 3.49. The van der Waals surface area contributed by atoms with E-state index in [1.54, 1.807) is 0 Å². The van der Waals surface area contributed by atoms with E-state index in [0.717, 1.165) is 18.7 Å². The van der Waals surface area contributed by atoms with Crippen molar-refractivity contribution >= 4 is 0 Å². The second-order valence-corrected chi connectivity index (χ2v) is 3.74. The van der Waals surface area contributed by atoms with Gasteiger partial charge in [0.1, 0.15) is 6.17 Å². The Kier molecular flexibility index (Phi) is 3.72. The Balaban J connectivity index is 2.21. The van der Waals surface area contributed by atoms with E-state index in [4.69, 9.17) is 0 Å². The fourth-order valence-corrected chi connectivity index (χ4v) is 1.70. The molecule has 2 aromatic heterocycles. The highest BCUT2D eigenvalue weighted by Crippen LogP contribution is 2.12. The molecule has 0 saturated carbocycles. The van der Waals surface area contributed by atoms with Gasteiger partial charge in [-0.2, -0.15) is 0 Å². The van der Waals surface area contributed by atoms with Gasteiger partial charge in [0.25, 0.3) is 0 Å². The Morgan fingerprint density at radius 1 is 1.25 bits per heavy atom. The first-order chi connectivity index (χ1) is 7.92. The molecule has 3 heteroatoms. The Labute approximate surface area is 96.1 Å². The Bertz CT molecular complexity index is 394. The second kappa shape index (κ2) is 5.47. The predicted octanol–water partition coefficient (Wildman–Crippen LogP) is 2.43. The zero-order valence-electron chi connectivity index (χ0n) is 9.50. The van der Waals surface area contributed by atoms with Crippen molar-refractivity contribution in [3.8, 4) is 0 Å². The average molecular weight is 215 g/mol. The average Bonchev–Trinajstić information content (AvgIpc) is 2.85. The maximum absolute atomic E-state index is 4.40. The number of nitrogens with zero attached hydrogens (tertiary/aromatic N) is 2. The Hall–Kier alpha value is -1.61. The van der Waals surface area contributed by atoms with E-state index in [1.165, 1.54) is 0 Å². The van der Waals surface area contributed by atoms with E-state index in [-0.39, 0.29) is 6.17 Å². The maximum atomic E-state index is 4.40. The predicted molar refractivity (Wildman–Crippen MR) is 65.1 cm³/mol. The Morgan fingerprint density at radius 2 is 2.06 bits per heavy atom. The van der Waals surface area contributed by atoms with Crippen LogP contribution in [0.1, 0.15) is 25.2 Å². The van der Waals surface area contributed by atoms with Crippen LogP contribution in [0.15, 0.2) is 48.9 Å². The summed E-state index contributed by atoms with van der Waals surface area (Å²) in [6, 6.07) is 10.1. The first-order valence-corrected chi connectivity index (χ1v) is 5.68. The van der Waals surface area contributed by atoms with Crippen LogP contribution in [0.25, 0.3) is 0 Å². The van der Waals surface area contributed by atoms with Crippen molar-refractivity contribution in [1.29, 1.82) is 0 Å². The summed E-state index contributed by atoms with van der Waals surface area (Å²) in [6.07, 6.45) is 7.20. The molecule has 0 saturated heterocycles. The minimum absolute atomic E-state index is 0.135. The molecule has 0 bridgehead atoms. The molecule has 0 aliphatic carbocycles. The Morgan fingerprint density at radius 3 is 2.69 bits per heavy atom. The van der Waals surface area contributed by atoms with E-state index in [2.05, 4.69) is 34.2 Å². The fourth-order valence-electron chi connectivity index (χ4n) is 1.70. The molecule has 1 atom stereocenters. The van der Waals surface area contributed by atoms with Crippen molar-refractivity contribution in [1.82, 2.24) is 14.9 Å². The number of nitrogens with one attached hydrogen (secondary N) is 1. The molecule has 0 aliphatic heterocycles. The third-order valence-corrected chi connectivity index (χ3v) is 2.48. The molecule has 2 heterocycles. The van der Waals surface area contributed by atoms with Crippen LogP contribution < -0.4 is 5.32 Å². The number of rotatable bonds is 5. The minimum Gasteiger partial charge on any atom is -0.333 e.